The molecule has 7 heteroatoms. The summed E-state index contributed by atoms with van der Waals surface area (Å²) in [4.78, 5) is 26.3. The highest BCUT2D eigenvalue weighted by atomic mass is 19.1. The summed E-state index contributed by atoms with van der Waals surface area (Å²) < 4.78 is 18.9. The lowest BCUT2D eigenvalue weighted by Gasteiger charge is -2.45. The number of hydrogen-bond donors (Lipinski definition) is 2. The number of rotatable bonds is 2. The van der Waals surface area contributed by atoms with Crippen LogP contribution in [0.15, 0.2) is 48.5 Å². The summed E-state index contributed by atoms with van der Waals surface area (Å²) in [5, 5.41) is 6.22. The van der Waals surface area contributed by atoms with Crippen LogP contribution in [0.25, 0.3) is 0 Å². The van der Waals surface area contributed by atoms with Crippen LogP contribution in [-0.2, 0) is 11.3 Å². The van der Waals surface area contributed by atoms with Crippen LogP contribution in [0.2, 0.25) is 0 Å². The number of anilines is 1. The molecule has 140 valence electrons. The van der Waals surface area contributed by atoms with Gasteiger partial charge in [-0.05, 0) is 23.8 Å². The molecule has 4 rings (SSSR count). The number of hydrogen-bond acceptors (Lipinski definition) is 4. The minimum Gasteiger partial charge on any atom is -0.445 e. The number of fused-ring (bicyclic) bond motifs is 1. The predicted molar refractivity (Wildman–Crippen MR) is 97.7 cm³/mol. The molecule has 1 fully saturated rings. The van der Waals surface area contributed by atoms with Gasteiger partial charge in [0.25, 0.3) is 5.91 Å². The number of halogens is 1. The standard InChI is InChI=1S/C20H20FN3O3/c21-15-6-7-16-17(12-15)22-20(23-18(16)25)8-10-24(11-9-20)19(26)27-13-14-4-2-1-3-5-14/h1-7,12,22H,8-11,13H2,(H,23,25). The molecule has 6 nitrogen and oxygen atoms in total. The van der Waals surface area contributed by atoms with Crippen LogP contribution in [0.1, 0.15) is 28.8 Å². The predicted octanol–water partition coefficient (Wildman–Crippen LogP) is 3.11. The lowest BCUT2D eigenvalue weighted by Crippen LogP contribution is -2.62. The third kappa shape index (κ3) is 3.58. The Morgan fingerprint density at radius 2 is 1.85 bits per heavy atom. The number of nitrogens with one attached hydrogen (secondary N) is 2. The van der Waals surface area contributed by atoms with Gasteiger partial charge in [0.05, 0.1) is 11.3 Å². The molecule has 2 aromatic rings. The van der Waals surface area contributed by atoms with E-state index in [1.165, 1.54) is 18.2 Å². The molecule has 0 unspecified atom stereocenters. The van der Waals surface area contributed by atoms with Gasteiger partial charge in [-0.25, -0.2) is 9.18 Å². The van der Waals surface area contributed by atoms with Crippen LogP contribution in [0.5, 0.6) is 0 Å². The number of carbonyl (C=O) groups is 2. The van der Waals surface area contributed by atoms with Crippen LogP contribution in [-0.4, -0.2) is 35.7 Å². The minimum atomic E-state index is -0.673. The van der Waals surface area contributed by atoms with E-state index in [1.807, 2.05) is 30.3 Å². The van der Waals surface area contributed by atoms with Crippen LogP contribution >= 0.6 is 0 Å². The van der Waals surface area contributed by atoms with Gasteiger partial charge in [0, 0.05) is 25.9 Å². The third-order valence-electron chi connectivity index (χ3n) is 5.03. The molecule has 2 heterocycles. The Morgan fingerprint density at radius 1 is 1.11 bits per heavy atom. The fraction of sp³-hybridized carbons (Fsp3) is 0.300. The van der Waals surface area contributed by atoms with Gasteiger partial charge in [-0.2, -0.15) is 0 Å². The van der Waals surface area contributed by atoms with E-state index in [0.29, 0.717) is 37.2 Å². The molecule has 2 amide bonds. The van der Waals surface area contributed by atoms with Gasteiger partial charge in [-0.15, -0.1) is 0 Å². The Hall–Kier alpha value is -3.09. The average Bonchev–Trinajstić information content (AvgIpc) is 2.67. The quantitative estimate of drug-likeness (QED) is 0.853. The fourth-order valence-corrected chi connectivity index (χ4v) is 3.52. The Bertz CT molecular complexity index is 864. The highest BCUT2D eigenvalue weighted by molar-refractivity contribution is 6.02. The zero-order chi connectivity index (χ0) is 18.9. The summed E-state index contributed by atoms with van der Waals surface area (Å²) >= 11 is 0. The molecule has 2 aliphatic heterocycles. The van der Waals surface area contributed by atoms with Crippen molar-refractivity contribution in [2.24, 2.45) is 0 Å². The van der Waals surface area contributed by atoms with Crippen molar-refractivity contribution in [1.82, 2.24) is 10.2 Å². The van der Waals surface area contributed by atoms with Crippen LogP contribution < -0.4 is 10.6 Å². The van der Waals surface area contributed by atoms with E-state index < -0.39 is 11.5 Å². The Labute approximate surface area is 156 Å². The van der Waals surface area contributed by atoms with Gasteiger partial charge in [0.1, 0.15) is 18.1 Å². The highest BCUT2D eigenvalue weighted by Crippen LogP contribution is 2.32. The first-order valence-electron chi connectivity index (χ1n) is 8.91. The van der Waals surface area contributed by atoms with Crippen molar-refractivity contribution < 1.29 is 18.7 Å². The summed E-state index contributed by atoms with van der Waals surface area (Å²) in [6.07, 6.45) is 0.645. The molecular formula is C20H20FN3O3. The van der Waals surface area contributed by atoms with Crippen molar-refractivity contribution in [2.75, 3.05) is 18.4 Å². The molecule has 0 atom stereocenters. The van der Waals surface area contributed by atoms with Gasteiger partial charge in [0.15, 0.2) is 0 Å². The Balaban J connectivity index is 1.37. The second kappa shape index (κ2) is 6.90. The second-order valence-corrected chi connectivity index (χ2v) is 6.88. The number of amides is 2. The van der Waals surface area contributed by atoms with Gasteiger partial charge in [0.2, 0.25) is 0 Å². The van der Waals surface area contributed by atoms with E-state index in [1.54, 1.807) is 4.90 Å². The zero-order valence-electron chi connectivity index (χ0n) is 14.7. The molecule has 0 radical (unpaired) electrons. The number of likely N-dealkylation sites (tertiary alicyclic amines) is 1. The number of nitrogens with zero attached hydrogens (tertiary/aromatic N) is 1. The van der Waals surface area contributed by atoms with E-state index in [2.05, 4.69) is 10.6 Å². The molecule has 27 heavy (non-hydrogen) atoms. The average molecular weight is 369 g/mol. The van der Waals surface area contributed by atoms with Gasteiger partial charge in [-0.1, -0.05) is 30.3 Å². The van der Waals surface area contributed by atoms with Gasteiger partial charge < -0.3 is 20.3 Å². The number of ether oxygens (including phenoxy) is 1. The lowest BCUT2D eigenvalue weighted by atomic mass is 9.92. The molecule has 0 saturated carbocycles. The van der Waals surface area contributed by atoms with Gasteiger partial charge >= 0.3 is 6.09 Å². The molecule has 0 bridgehead atoms. The summed E-state index contributed by atoms with van der Waals surface area (Å²) in [5.74, 6) is -0.628. The van der Waals surface area contributed by atoms with Crippen molar-refractivity contribution in [2.45, 2.75) is 25.1 Å². The maximum Gasteiger partial charge on any atom is 0.410 e. The lowest BCUT2D eigenvalue weighted by molar-refractivity contribution is 0.0697. The van der Waals surface area contributed by atoms with Crippen molar-refractivity contribution in [1.29, 1.82) is 0 Å². The van der Waals surface area contributed by atoms with Crippen LogP contribution in [0, 0.1) is 5.82 Å². The number of benzene rings is 2. The summed E-state index contributed by atoms with van der Waals surface area (Å²) in [5.41, 5.74) is 1.17. The normalized spacial score (nSPS) is 17.7. The second-order valence-electron chi connectivity index (χ2n) is 6.88. The molecule has 2 aromatic carbocycles. The van der Waals surface area contributed by atoms with E-state index in [-0.39, 0.29) is 18.6 Å². The van der Waals surface area contributed by atoms with Crippen LogP contribution in [0.4, 0.5) is 14.9 Å². The highest BCUT2D eigenvalue weighted by Gasteiger charge is 2.41. The SMILES string of the molecule is O=C1NC2(CCN(C(=O)OCc3ccccc3)CC2)Nc2cc(F)ccc21. The molecule has 0 aromatic heterocycles. The Morgan fingerprint density at radius 3 is 2.59 bits per heavy atom. The summed E-state index contributed by atoms with van der Waals surface area (Å²) in [7, 11) is 0. The first-order chi connectivity index (χ1) is 13.0. The zero-order valence-corrected chi connectivity index (χ0v) is 14.7. The fourth-order valence-electron chi connectivity index (χ4n) is 3.52. The topological polar surface area (TPSA) is 70.7 Å². The maximum absolute atomic E-state index is 13.5. The van der Waals surface area contributed by atoms with Crippen molar-refractivity contribution in [3.63, 3.8) is 0 Å². The van der Waals surface area contributed by atoms with E-state index in [0.717, 1.165) is 5.56 Å². The third-order valence-corrected chi connectivity index (χ3v) is 5.03. The maximum atomic E-state index is 13.5. The molecule has 1 saturated heterocycles. The smallest absolute Gasteiger partial charge is 0.410 e. The molecule has 1 spiro atoms. The molecule has 2 N–H and O–H groups in total. The summed E-state index contributed by atoms with van der Waals surface area (Å²) in [6.45, 7) is 1.10. The largest absolute Gasteiger partial charge is 0.445 e. The first-order valence-corrected chi connectivity index (χ1v) is 8.91. The summed E-state index contributed by atoms with van der Waals surface area (Å²) in [6, 6.07) is 13.6. The van der Waals surface area contributed by atoms with Crippen LogP contribution in [0.3, 0.4) is 0 Å². The first kappa shape index (κ1) is 17.3. The van der Waals surface area contributed by atoms with Gasteiger partial charge in [-0.3, -0.25) is 4.79 Å². The van der Waals surface area contributed by atoms with Crippen molar-refractivity contribution in [3.05, 3.63) is 65.5 Å². The van der Waals surface area contributed by atoms with Crippen molar-refractivity contribution in [3.8, 4) is 0 Å². The van der Waals surface area contributed by atoms with E-state index >= 15 is 0 Å². The van der Waals surface area contributed by atoms with E-state index in [4.69, 9.17) is 4.74 Å². The molecular weight excluding hydrogens is 349 g/mol. The minimum absolute atomic E-state index is 0.225. The monoisotopic (exact) mass is 369 g/mol. The molecule has 0 aliphatic carbocycles. The molecule has 2 aliphatic rings. The Kier molecular flexibility index (Phi) is 4.43. The number of piperidine rings is 1. The van der Waals surface area contributed by atoms with Crippen molar-refractivity contribution >= 4 is 17.7 Å². The van der Waals surface area contributed by atoms with E-state index in [9.17, 15) is 14.0 Å². The number of carbonyl (C=O) groups excluding carboxylic acids is 2.